The van der Waals surface area contributed by atoms with Crippen LogP contribution in [-0.4, -0.2) is 6.61 Å². The number of thioether (sulfide) groups is 1. The normalized spacial score (nSPS) is 18.7. The largest absolute Gasteiger partial charge is 0.494 e. The molecule has 0 amide bonds. The van der Waals surface area contributed by atoms with Gasteiger partial charge in [-0.3, -0.25) is 0 Å². The highest BCUT2D eigenvalue weighted by Crippen LogP contribution is 2.39. The van der Waals surface area contributed by atoms with Gasteiger partial charge in [0.15, 0.2) is 0 Å². The highest BCUT2D eigenvalue weighted by atomic mass is 32.2. The Labute approximate surface area is 187 Å². The fraction of sp³-hybridized carbons (Fsp3) is 0.519. The Bertz CT molecular complexity index is 816. The van der Waals surface area contributed by atoms with Gasteiger partial charge in [0, 0.05) is 10.6 Å². The SMILES string of the molecule is CCCCOc1ccc(CSc2ccc([C@H]3CC[C@H](CCC)CC3)cc2C#N)cc1. The van der Waals surface area contributed by atoms with E-state index in [0.29, 0.717) is 5.92 Å². The molecule has 0 aromatic heterocycles. The molecule has 1 aliphatic rings. The fourth-order valence-corrected chi connectivity index (χ4v) is 5.32. The summed E-state index contributed by atoms with van der Waals surface area (Å²) in [5.74, 6) is 3.35. The molecule has 1 aliphatic carbocycles. The van der Waals surface area contributed by atoms with E-state index in [1.165, 1.54) is 49.7 Å². The zero-order valence-electron chi connectivity index (χ0n) is 18.5. The Hall–Kier alpha value is -1.92. The molecule has 30 heavy (non-hydrogen) atoms. The Morgan fingerprint density at radius 3 is 2.43 bits per heavy atom. The van der Waals surface area contributed by atoms with Crippen LogP contribution in [0.1, 0.15) is 87.8 Å². The summed E-state index contributed by atoms with van der Waals surface area (Å²) in [6.07, 6.45) is 10.1. The lowest BCUT2D eigenvalue weighted by Crippen LogP contribution is -2.13. The lowest BCUT2D eigenvalue weighted by Gasteiger charge is -2.28. The third-order valence-electron chi connectivity index (χ3n) is 6.22. The van der Waals surface area contributed by atoms with Gasteiger partial charge in [0.2, 0.25) is 0 Å². The molecule has 2 aromatic carbocycles. The standard InChI is InChI=1S/C27H35NOS/c1-3-5-17-29-26-14-9-22(10-15-26)20-30-27-16-13-24(18-25(27)19-28)23-11-7-21(6-4-2)8-12-23/h9-10,13-16,18,21,23H,3-8,11-12,17,20H2,1-2H3/t21-,23-. The summed E-state index contributed by atoms with van der Waals surface area (Å²) in [7, 11) is 0. The Morgan fingerprint density at radius 2 is 1.77 bits per heavy atom. The van der Waals surface area contributed by atoms with E-state index in [-0.39, 0.29) is 0 Å². The van der Waals surface area contributed by atoms with Gasteiger partial charge in [-0.05, 0) is 79.3 Å². The van der Waals surface area contributed by atoms with Crippen molar-refractivity contribution in [3.8, 4) is 11.8 Å². The summed E-state index contributed by atoms with van der Waals surface area (Å²) in [6.45, 7) is 5.24. The Kier molecular flexibility index (Phi) is 9.15. The number of ether oxygens (including phenoxy) is 1. The number of benzene rings is 2. The molecule has 0 radical (unpaired) electrons. The van der Waals surface area contributed by atoms with Crippen LogP contribution in [0.25, 0.3) is 0 Å². The quantitative estimate of drug-likeness (QED) is 0.287. The van der Waals surface area contributed by atoms with Gasteiger partial charge in [-0.15, -0.1) is 11.8 Å². The van der Waals surface area contributed by atoms with Gasteiger partial charge >= 0.3 is 0 Å². The van der Waals surface area contributed by atoms with Crippen molar-refractivity contribution in [2.24, 2.45) is 5.92 Å². The van der Waals surface area contributed by atoms with E-state index in [2.05, 4.69) is 62.4 Å². The molecule has 1 fully saturated rings. The number of hydrogen-bond donors (Lipinski definition) is 0. The lowest BCUT2D eigenvalue weighted by atomic mass is 9.77. The third kappa shape index (κ3) is 6.54. The van der Waals surface area contributed by atoms with Crippen LogP contribution in [0, 0.1) is 17.2 Å². The van der Waals surface area contributed by atoms with Gasteiger partial charge in [0.1, 0.15) is 11.8 Å². The van der Waals surface area contributed by atoms with E-state index in [4.69, 9.17) is 4.74 Å². The average Bonchev–Trinajstić information content (AvgIpc) is 2.79. The van der Waals surface area contributed by atoms with E-state index < -0.39 is 0 Å². The van der Waals surface area contributed by atoms with E-state index in [9.17, 15) is 5.26 Å². The van der Waals surface area contributed by atoms with Crippen molar-refractivity contribution in [2.45, 2.75) is 81.8 Å². The summed E-state index contributed by atoms with van der Waals surface area (Å²) < 4.78 is 5.74. The van der Waals surface area contributed by atoms with Crippen LogP contribution in [0.5, 0.6) is 5.75 Å². The second-order valence-corrected chi connectivity index (χ2v) is 9.53. The molecule has 0 spiro atoms. The highest BCUT2D eigenvalue weighted by molar-refractivity contribution is 7.98. The van der Waals surface area contributed by atoms with Crippen molar-refractivity contribution in [3.05, 3.63) is 59.2 Å². The summed E-state index contributed by atoms with van der Waals surface area (Å²) in [5.41, 5.74) is 3.44. The van der Waals surface area contributed by atoms with Crippen LogP contribution in [0.2, 0.25) is 0 Å². The number of nitriles is 1. The van der Waals surface area contributed by atoms with Gasteiger partial charge in [-0.2, -0.15) is 5.26 Å². The van der Waals surface area contributed by atoms with Crippen molar-refractivity contribution in [3.63, 3.8) is 0 Å². The summed E-state index contributed by atoms with van der Waals surface area (Å²) in [6, 6.07) is 17.4. The molecule has 0 saturated heterocycles. The van der Waals surface area contributed by atoms with E-state index in [1.54, 1.807) is 11.8 Å². The van der Waals surface area contributed by atoms with Crippen molar-refractivity contribution in [1.82, 2.24) is 0 Å². The molecule has 0 aliphatic heterocycles. The molecule has 2 nitrogen and oxygen atoms in total. The minimum absolute atomic E-state index is 0.629. The fourth-order valence-electron chi connectivity index (χ4n) is 4.38. The first kappa shape index (κ1) is 22.8. The van der Waals surface area contributed by atoms with Gasteiger partial charge in [0.05, 0.1) is 12.2 Å². The minimum atomic E-state index is 0.629. The number of rotatable bonds is 10. The molecular formula is C27H35NOS. The monoisotopic (exact) mass is 421 g/mol. The van der Waals surface area contributed by atoms with Crippen molar-refractivity contribution in [1.29, 1.82) is 5.26 Å². The molecule has 2 aromatic rings. The van der Waals surface area contributed by atoms with E-state index in [0.717, 1.165) is 47.3 Å². The second-order valence-electron chi connectivity index (χ2n) is 8.51. The molecule has 0 N–H and O–H groups in total. The van der Waals surface area contributed by atoms with Crippen LogP contribution in [0.4, 0.5) is 0 Å². The van der Waals surface area contributed by atoms with Crippen LogP contribution in [0.3, 0.4) is 0 Å². The van der Waals surface area contributed by atoms with Crippen LogP contribution in [-0.2, 0) is 5.75 Å². The molecule has 0 heterocycles. The zero-order valence-corrected chi connectivity index (χ0v) is 19.3. The minimum Gasteiger partial charge on any atom is -0.494 e. The van der Waals surface area contributed by atoms with Gasteiger partial charge in [-0.1, -0.05) is 51.3 Å². The van der Waals surface area contributed by atoms with Crippen LogP contribution >= 0.6 is 11.8 Å². The predicted molar refractivity (Wildman–Crippen MR) is 127 cm³/mol. The lowest BCUT2D eigenvalue weighted by molar-refractivity contribution is 0.308. The summed E-state index contributed by atoms with van der Waals surface area (Å²) in [4.78, 5) is 1.09. The average molecular weight is 422 g/mol. The number of hydrogen-bond acceptors (Lipinski definition) is 3. The van der Waals surface area contributed by atoms with Crippen molar-refractivity contribution < 1.29 is 4.74 Å². The first-order valence-electron chi connectivity index (χ1n) is 11.6. The molecule has 0 bridgehead atoms. The van der Waals surface area contributed by atoms with Crippen LogP contribution in [0.15, 0.2) is 47.4 Å². The van der Waals surface area contributed by atoms with E-state index >= 15 is 0 Å². The molecule has 3 heteroatoms. The maximum absolute atomic E-state index is 9.71. The molecule has 3 rings (SSSR count). The third-order valence-corrected chi connectivity index (χ3v) is 7.37. The van der Waals surface area contributed by atoms with Gasteiger partial charge in [0.25, 0.3) is 0 Å². The first-order chi connectivity index (χ1) is 14.7. The Morgan fingerprint density at radius 1 is 1.00 bits per heavy atom. The molecule has 0 atom stereocenters. The topological polar surface area (TPSA) is 33.0 Å². The molecular weight excluding hydrogens is 386 g/mol. The first-order valence-corrected chi connectivity index (χ1v) is 12.6. The van der Waals surface area contributed by atoms with Crippen molar-refractivity contribution >= 4 is 11.8 Å². The molecule has 160 valence electrons. The maximum Gasteiger partial charge on any atom is 0.119 e. The smallest absolute Gasteiger partial charge is 0.119 e. The number of nitrogens with zero attached hydrogens (tertiary/aromatic N) is 1. The summed E-state index contributed by atoms with van der Waals surface area (Å²) in [5, 5.41) is 9.71. The second kappa shape index (κ2) is 12.1. The Balaban J connectivity index is 1.56. The van der Waals surface area contributed by atoms with Crippen LogP contribution < -0.4 is 4.74 Å². The van der Waals surface area contributed by atoms with E-state index in [1.807, 2.05) is 0 Å². The van der Waals surface area contributed by atoms with Gasteiger partial charge in [-0.25, -0.2) is 0 Å². The van der Waals surface area contributed by atoms with Gasteiger partial charge < -0.3 is 4.74 Å². The molecule has 0 unspecified atom stereocenters. The summed E-state index contributed by atoms with van der Waals surface area (Å²) >= 11 is 1.75. The maximum atomic E-state index is 9.71. The van der Waals surface area contributed by atoms with Crippen molar-refractivity contribution in [2.75, 3.05) is 6.61 Å². The zero-order chi connectivity index (χ0) is 21.2. The molecule has 1 saturated carbocycles. The highest BCUT2D eigenvalue weighted by Gasteiger charge is 2.22. The number of unbranched alkanes of at least 4 members (excludes halogenated alkanes) is 1. The predicted octanol–water partition coefficient (Wildman–Crippen LogP) is 8.10.